The van der Waals surface area contributed by atoms with Gasteiger partial charge in [-0.2, -0.15) is 0 Å². The summed E-state index contributed by atoms with van der Waals surface area (Å²) in [4.78, 5) is 14.5. The largest absolute Gasteiger partial charge is 0.486 e. The standard InChI is InChI=1S/C18H18N4O3/c1-13(2)14-4-3-5-17(10-14)25-11-18-19-12-21(20-18)15-6-8-16(9-7-15)22(23)24/h3-10,12-13H,11H2,1-2H3. The van der Waals surface area contributed by atoms with Gasteiger partial charge in [0.15, 0.2) is 5.82 Å². The minimum Gasteiger partial charge on any atom is -0.486 e. The second-order valence-electron chi connectivity index (χ2n) is 5.89. The van der Waals surface area contributed by atoms with Crippen LogP contribution in [0, 0.1) is 10.1 Å². The molecule has 0 N–H and O–H groups in total. The van der Waals surface area contributed by atoms with Gasteiger partial charge in [0, 0.05) is 12.1 Å². The van der Waals surface area contributed by atoms with Crippen molar-refractivity contribution in [2.45, 2.75) is 26.4 Å². The van der Waals surface area contributed by atoms with Gasteiger partial charge in [-0.3, -0.25) is 10.1 Å². The van der Waals surface area contributed by atoms with Crippen molar-refractivity contribution in [3.8, 4) is 11.4 Å². The molecule has 3 aromatic rings. The van der Waals surface area contributed by atoms with Gasteiger partial charge in [0.05, 0.1) is 10.6 Å². The van der Waals surface area contributed by atoms with Crippen molar-refractivity contribution in [1.82, 2.24) is 14.8 Å². The van der Waals surface area contributed by atoms with Crippen LogP contribution in [0.5, 0.6) is 5.75 Å². The predicted octanol–water partition coefficient (Wildman–Crippen LogP) is 3.88. The van der Waals surface area contributed by atoms with Crippen LogP contribution < -0.4 is 4.74 Å². The van der Waals surface area contributed by atoms with Gasteiger partial charge in [-0.15, -0.1) is 5.10 Å². The molecule has 7 heteroatoms. The zero-order valence-corrected chi connectivity index (χ0v) is 14.0. The lowest BCUT2D eigenvalue weighted by molar-refractivity contribution is -0.384. The molecule has 0 radical (unpaired) electrons. The zero-order valence-electron chi connectivity index (χ0n) is 14.0. The molecule has 1 aromatic heterocycles. The highest BCUT2D eigenvalue weighted by atomic mass is 16.6. The van der Waals surface area contributed by atoms with E-state index in [4.69, 9.17) is 4.74 Å². The average Bonchev–Trinajstić information content (AvgIpc) is 3.09. The van der Waals surface area contributed by atoms with E-state index in [0.29, 0.717) is 17.4 Å². The summed E-state index contributed by atoms with van der Waals surface area (Å²) in [5.41, 5.74) is 1.95. The third-order valence-corrected chi connectivity index (χ3v) is 3.76. The molecular weight excluding hydrogens is 320 g/mol. The van der Waals surface area contributed by atoms with Gasteiger partial charge in [-0.25, -0.2) is 9.67 Å². The molecule has 0 amide bonds. The van der Waals surface area contributed by atoms with Crippen LogP contribution in [-0.4, -0.2) is 19.7 Å². The summed E-state index contributed by atoms with van der Waals surface area (Å²) in [6.45, 7) is 4.51. The molecule has 128 valence electrons. The number of nitro benzene ring substituents is 1. The van der Waals surface area contributed by atoms with E-state index in [9.17, 15) is 10.1 Å². The number of rotatable bonds is 6. The molecule has 0 fully saturated rings. The van der Waals surface area contributed by atoms with Crippen LogP contribution in [0.1, 0.15) is 31.2 Å². The van der Waals surface area contributed by atoms with Gasteiger partial charge >= 0.3 is 0 Å². The smallest absolute Gasteiger partial charge is 0.269 e. The summed E-state index contributed by atoms with van der Waals surface area (Å²) in [7, 11) is 0. The molecule has 0 aliphatic carbocycles. The number of nitrogens with zero attached hydrogens (tertiary/aromatic N) is 4. The fourth-order valence-electron chi connectivity index (χ4n) is 2.33. The maximum atomic E-state index is 10.7. The number of hydrogen-bond donors (Lipinski definition) is 0. The third-order valence-electron chi connectivity index (χ3n) is 3.76. The predicted molar refractivity (Wildman–Crippen MR) is 92.9 cm³/mol. The first-order chi connectivity index (χ1) is 12.0. The van der Waals surface area contributed by atoms with E-state index in [0.717, 1.165) is 5.75 Å². The third kappa shape index (κ3) is 4.00. The number of nitro groups is 1. The zero-order chi connectivity index (χ0) is 17.8. The monoisotopic (exact) mass is 338 g/mol. The summed E-state index contributed by atoms with van der Waals surface area (Å²) >= 11 is 0. The van der Waals surface area contributed by atoms with Gasteiger partial charge in [-0.05, 0) is 35.7 Å². The molecular formula is C18H18N4O3. The van der Waals surface area contributed by atoms with E-state index in [2.05, 4.69) is 30.0 Å². The van der Waals surface area contributed by atoms with E-state index in [1.165, 1.54) is 17.7 Å². The Kier molecular flexibility index (Phi) is 4.74. The average molecular weight is 338 g/mol. The van der Waals surface area contributed by atoms with Crippen molar-refractivity contribution in [3.63, 3.8) is 0 Å². The second-order valence-corrected chi connectivity index (χ2v) is 5.89. The lowest BCUT2D eigenvalue weighted by atomic mass is 10.0. The van der Waals surface area contributed by atoms with E-state index in [1.807, 2.05) is 18.2 Å². The summed E-state index contributed by atoms with van der Waals surface area (Å²) < 4.78 is 7.32. The van der Waals surface area contributed by atoms with Crippen LogP contribution in [0.3, 0.4) is 0 Å². The molecule has 0 bridgehead atoms. The van der Waals surface area contributed by atoms with Crippen molar-refractivity contribution in [2.24, 2.45) is 0 Å². The van der Waals surface area contributed by atoms with Crippen molar-refractivity contribution < 1.29 is 9.66 Å². The highest BCUT2D eigenvalue weighted by molar-refractivity contribution is 5.40. The van der Waals surface area contributed by atoms with Gasteiger partial charge in [0.25, 0.3) is 5.69 Å². The summed E-state index contributed by atoms with van der Waals surface area (Å²) in [6.07, 6.45) is 1.56. The van der Waals surface area contributed by atoms with Crippen LogP contribution in [-0.2, 0) is 6.61 Å². The molecule has 0 spiro atoms. The molecule has 2 aromatic carbocycles. The molecule has 25 heavy (non-hydrogen) atoms. The van der Waals surface area contributed by atoms with Crippen LogP contribution >= 0.6 is 0 Å². The minimum absolute atomic E-state index is 0.0393. The molecule has 0 aliphatic heterocycles. The van der Waals surface area contributed by atoms with E-state index >= 15 is 0 Å². The summed E-state index contributed by atoms with van der Waals surface area (Å²) in [5.74, 6) is 1.74. The Morgan fingerprint density at radius 2 is 1.96 bits per heavy atom. The quantitative estimate of drug-likeness (QED) is 0.503. The first kappa shape index (κ1) is 16.6. The molecule has 7 nitrogen and oxygen atoms in total. The van der Waals surface area contributed by atoms with Crippen molar-refractivity contribution >= 4 is 5.69 Å². The lowest BCUT2D eigenvalue weighted by Gasteiger charge is -2.08. The Morgan fingerprint density at radius 1 is 1.20 bits per heavy atom. The van der Waals surface area contributed by atoms with Gasteiger partial charge < -0.3 is 4.74 Å². The lowest BCUT2D eigenvalue weighted by Crippen LogP contribution is -2.01. The van der Waals surface area contributed by atoms with E-state index in [-0.39, 0.29) is 12.3 Å². The van der Waals surface area contributed by atoms with E-state index < -0.39 is 4.92 Å². The summed E-state index contributed by atoms with van der Waals surface area (Å²) in [5, 5.41) is 15.0. The number of hydrogen-bond acceptors (Lipinski definition) is 5. The van der Waals surface area contributed by atoms with Crippen LogP contribution in [0.2, 0.25) is 0 Å². The van der Waals surface area contributed by atoms with Gasteiger partial charge in [0.1, 0.15) is 18.7 Å². The Hall–Kier alpha value is -3.22. The second kappa shape index (κ2) is 7.12. The van der Waals surface area contributed by atoms with Crippen LogP contribution in [0.4, 0.5) is 5.69 Å². The maximum Gasteiger partial charge on any atom is 0.269 e. The molecule has 0 atom stereocenters. The van der Waals surface area contributed by atoms with Crippen molar-refractivity contribution in [1.29, 1.82) is 0 Å². The first-order valence-corrected chi connectivity index (χ1v) is 7.91. The Bertz CT molecular complexity index is 872. The van der Waals surface area contributed by atoms with E-state index in [1.54, 1.807) is 23.1 Å². The molecule has 0 aliphatic rings. The molecule has 0 saturated heterocycles. The molecule has 1 heterocycles. The van der Waals surface area contributed by atoms with Gasteiger partial charge in [0.2, 0.25) is 0 Å². The van der Waals surface area contributed by atoms with Crippen molar-refractivity contribution in [3.05, 3.63) is 76.4 Å². The highest BCUT2D eigenvalue weighted by Gasteiger charge is 2.08. The topological polar surface area (TPSA) is 83.1 Å². The maximum absolute atomic E-state index is 10.7. The molecule has 3 rings (SSSR count). The normalized spacial score (nSPS) is 10.8. The van der Waals surface area contributed by atoms with Crippen molar-refractivity contribution in [2.75, 3.05) is 0 Å². The molecule has 0 unspecified atom stereocenters. The Balaban J connectivity index is 1.67. The Labute approximate surface area is 145 Å². The highest BCUT2D eigenvalue weighted by Crippen LogP contribution is 2.21. The SMILES string of the molecule is CC(C)c1cccc(OCc2ncn(-c3ccc([N+](=O)[O-])cc3)n2)c1. The fraction of sp³-hybridized carbons (Fsp3) is 0.222. The number of ether oxygens (including phenoxy) is 1. The first-order valence-electron chi connectivity index (χ1n) is 7.91. The Morgan fingerprint density at radius 3 is 2.64 bits per heavy atom. The minimum atomic E-state index is -0.435. The van der Waals surface area contributed by atoms with Crippen LogP contribution in [0.15, 0.2) is 54.9 Å². The number of benzene rings is 2. The van der Waals surface area contributed by atoms with Crippen LogP contribution in [0.25, 0.3) is 5.69 Å². The number of aromatic nitrogens is 3. The van der Waals surface area contributed by atoms with Gasteiger partial charge in [-0.1, -0.05) is 26.0 Å². The molecule has 0 saturated carbocycles. The summed E-state index contributed by atoms with van der Waals surface area (Å²) in [6, 6.07) is 14.1. The number of non-ortho nitro benzene ring substituents is 1. The fourth-order valence-corrected chi connectivity index (χ4v) is 2.33.